The summed E-state index contributed by atoms with van der Waals surface area (Å²) in [5.41, 5.74) is -0.839. The van der Waals surface area contributed by atoms with Crippen molar-refractivity contribution in [1.82, 2.24) is 21.3 Å². The second-order valence-electron chi connectivity index (χ2n) is 23.5. The fourth-order valence-corrected chi connectivity index (χ4v) is 13.5. The quantitative estimate of drug-likeness (QED) is 0.0635. The number of ether oxygens (including phenoxy) is 12. The molecule has 32 heteroatoms. The molecule has 4 fully saturated rings. The third-order valence-corrected chi connectivity index (χ3v) is 19.2. The van der Waals surface area contributed by atoms with Crippen LogP contribution >= 0.6 is 47.0 Å². The van der Waals surface area contributed by atoms with Crippen molar-refractivity contribution < 1.29 is 114 Å². The van der Waals surface area contributed by atoms with E-state index in [1.807, 2.05) is 0 Å². The van der Waals surface area contributed by atoms with E-state index in [4.69, 9.17) is 56.8 Å². The highest BCUT2D eigenvalue weighted by atomic mass is 32.2. The molecule has 0 spiro atoms. The Kier molecular flexibility index (Phi) is 48.4. The number of carbonyl (C=O) groups excluding carboxylic acids is 12. The molecule has 0 radical (unpaired) electrons. The Balaban J connectivity index is 1.17. The van der Waals surface area contributed by atoms with Gasteiger partial charge in [0.25, 0.3) is 0 Å². The molecule has 0 aromatic rings. The van der Waals surface area contributed by atoms with Gasteiger partial charge in [-0.05, 0) is 51.4 Å². The van der Waals surface area contributed by atoms with Crippen molar-refractivity contribution in [2.24, 2.45) is 5.41 Å². The first kappa shape index (κ1) is 85.6. The number of thioether (sulfide) groups is 4. The van der Waals surface area contributed by atoms with E-state index in [2.05, 4.69) is 21.3 Å². The lowest BCUT2D eigenvalue weighted by atomic mass is 9.92. The molecule has 552 valence electrons. The first-order valence-corrected chi connectivity index (χ1v) is 37.9. The van der Waals surface area contributed by atoms with Gasteiger partial charge < -0.3 is 78.1 Å². The first-order valence-electron chi connectivity index (χ1n) is 33.9. The lowest BCUT2D eigenvalue weighted by Crippen LogP contribution is -2.43. The Hall–Kier alpha value is -3.84. The molecule has 0 aromatic heterocycles. The van der Waals surface area contributed by atoms with Crippen molar-refractivity contribution in [2.45, 2.75) is 153 Å². The van der Waals surface area contributed by atoms with Crippen molar-refractivity contribution in [3.8, 4) is 0 Å². The van der Waals surface area contributed by atoms with Gasteiger partial charge in [-0.25, -0.2) is 0 Å². The molecule has 0 saturated carbocycles. The standard InChI is InChI=1S/C65H104N4O24S4/c70-49(9-13-57(74)66-53-17-41-94-61(53)78)5-1-21-82-25-29-86-33-37-90-45-65(46-91-38-34-87-30-26-83-22-2-6-50(71)10-14-58(75)67-54-18-42-95-62(54)79,47-92-39-35-88-31-27-84-23-3-7-51(72)11-15-59(76)68-55-19-43-96-63(55)80)48-93-40-36-89-32-28-85-24-4-8-52(73)12-16-60(77)69-56-20-44-97-64(56)81/h53-56H,1-48H2,(H,66,74)(H,67,75)(H,68,76)(H,69,77). The van der Waals surface area contributed by atoms with Crippen LogP contribution in [0.15, 0.2) is 0 Å². The highest BCUT2D eigenvalue weighted by Crippen LogP contribution is 2.24. The number of hydrogen-bond acceptors (Lipinski definition) is 28. The smallest absolute Gasteiger partial charge is 0.221 e. The van der Waals surface area contributed by atoms with E-state index in [9.17, 15) is 57.5 Å². The van der Waals surface area contributed by atoms with Crippen molar-refractivity contribution >= 4 is 114 Å². The highest BCUT2D eigenvalue weighted by molar-refractivity contribution is 8.14. The van der Waals surface area contributed by atoms with Gasteiger partial charge in [0.15, 0.2) is 0 Å². The molecule has 97 heavy (non-hydrogen) atoms. The number of hydrogen-bond donors (Lipinski definition) is 4. The fourth-order valence-electron chi connectivity index (χ4n) is 9.74. The van der Waals surface area contributed by atoms with Gasteiger partial charge in [0, 0.05) is 126 Å². The predicted molar refractivity (Wildman–Crippen MR) is 362 cm³/mol. The van der Waals surface area contributed by atoms with Crippen LogP contribution in [-0.2, 0) is 114 Å². The zero-order chi connectivity index (χ0) is 69.8. The van der Waals surface area contributed by atoms with Crippen molar-refractivity contribution in [2.75, 3.05) is 182 Å². The average molecular weight is 1450 g/mol. The Morgan fingerprint density at radius 3 is 0.639 bits per heavy atom. The normalized spacial score (nSPS) is 18.4. The van der Waals surface area contributed by atoms with E-state index < -0.39 is 29.6 Å². The van der Waals surface area contributed by atoms with E-state index in [1.165, 1.54) is 47.0 Å². The van der Waals surface area contributed by atoms with Gasteiger partial charge in [0.2, 0.25) is 44.1 Å². The number of ketones is 4. The number of carbonyl (C=O) groups is 12. The molecule has 4 aliphatic rings. The van der Waals surface area contributed by atoms with Crippen LogP contribution in [0.1, 0.15) is 128 Å². The Morgan fingerprint density at radius 2 is 0.454 bits per heavy atom. The van der Waals surface area contributed by atoms with Gasteiger partial charge in [-0.3, -0.25) is 57.5 Å². The SMILES string of the molecule is O=C(CCCOCCOCCOCC(COCCOCCOCCCC(=O)CCC(=O)NC1CCSC1=O)(COCCOCCOCCCC(=O)CCC(=O)NC1CCSC1=O)COCCOCCOCCCC(=O)CCC(=O)NC1CCSC1=O)CCC(=O)NC1CCSC1=O. The average Bonchev–Trinajstić information content (AvgIpc) is 1.93. The maximum absolute atomic E-state index is 12.4. The Labute approximate surface area is 586 Å². The van der Waals surface area contributed by atoms with Gasteiger partial charge >= 0.3 is 0 Å². The largest absolute Gasteiger partial charge is 0.379 e. The van der Waals surface area contributed by atoms with Crippen LogP contribution < -0.4 is 21.3 Å². The van der Waals surface area contributed by atoms with Crippen LogP contribution in [0, 0.1) is 5.41 Å². The maximum Gasteiger partial charge on any atom is 0.221 e. The molecule has 4 heterocycles. The molecule has 0 aromatic carbocycles. The molecular formula is C65H104N4O24S4. The summed E-state index contributed by atoms with van der Waals surface area (Å²) >= 11 is 4.81. The molecule has 4 amide bonds. The van der Waals surface area contributed by atoms with Gasteiger partial charge in [-0.2, -0.15) is 0 Å². The van der Waals surface area contributed by atoms with Crippen LogP contribution in [0.25, 0.3) is 0 Å². The minimum Gasteiger partial charge on any atom is -0.379 e. The third kappa shape index (κ3) is 42.9. The van der Waals surface area contributed by atoms with Crippen LogP contribution in [0.2, 0.25) is 0 Å². The van der Waals surface area contributed by atoms with E-state index in [1.54, 1.807) is 0 Å². The number of amides is 4. The Morgan fingerprint density at radius 1 is 0.268 bits per heavy atom. The van der Waals surface area contributed by atoms with Gasteiger partial charge in [-0.1, -0.05) is 47.0 Å². The fraction of sp³-hybridized carbons (Fsp3) is 0.815. The molecule has 28 nitrogen and oxygen atoms in total. The monoisotopic (exact) mass is 1450 g/mol. The van der Waals surface area contributed by atoms with Crippen LogP contribution in [-0.4, -0.2) is 273 Å². The summed E-state index contributed by atoms with van der Waals surface area (Å²) < 4.78 is 70.5. The molecule has 4 aliphatic heterocycles. The number of nitrogens with one attached hydrogen (secondary N) is 4. The van der Waals surface area contributed by atoms with E-state index in [-0.39, 0.29) is 250 Å². The van der Waals surface area contributed by atoms with Gasteiger partial charge in [0.1, 0.15) is 23.1 Å². The number of rotatable bonds is 64. The second kappa shape index (κ2) is 54.9. The highest BCUT2D eigenvalue weighted by Gasteiger charge is 2.34. The first-order chi connectivity index (χ1) is 47.1. The van der Waals surface area contributed by atoms with Crippen molar-refractivity contribution in [3.63, 3.8) is 0 Å². The summed E-state index contributed by atoms with van der Waals surface area (Å²) in [5.74, 6) is 1.29. The molecule has 0 aliphatic carbocycles. The van der Waals surface area contributed by atoms with Crippen LogP contribution in [0.5, 0.6) is 0 Å². The van der Waals surface area contributed by atoms with Crippen molar-refractivity contribution in [1.29, 1.82) is 0 Å². The molecule has 0 bridgehead atoms. The third-order valence-electron chi connectivity index (χ3n) is 15.2. The molecule has 4 N–H and O–H groups in total. The summed E-state index contributed by atoms with van der Waals surface area (Å²) in [6.07, 6.45) is 5.99. The van der Waals surface area contributed by atoms with Crippen molar-refractivity contribution in [3.05, 3.63) is 0 Å². The van der Waals surface area contributed by atoms with E-state index >= 15 is 0 Å². The summed E-state index contributed by atoms with van der Waals surface area (Å²) in [6.45, 7) is 6.02. The summed E-state index contributed by atoms with van der Waals surface area (Å²) in [4.78, 5) is 145. The molecule has 4 atom stereocenters. The molecule has 4 unspecified atom stereocenters. The van der Waals surface area contributed by atoms with Crippen LogP contribution in [0.4, 0.5) is 0 Å². The summed E-state index contributed by atoms with van der Waals surface area (Å²) in [6, 6.07) is -1.90. The van der Waals surface area contributed by atoms with Gasteiger partial charge in [-0.15, -0.1) is 0 Å². The summed E-state index contributed by atoms with van der Waals surface area (Å²) in [7, 11) is 0. The zero-order valence-corrected chi connectivity index (χ0v) is 59.4. The van der Waals surface area contributed by atoms with Gasteiger partial charge in [0.05, 0.1) is 162 Å². The van der Waals surface area contributed by atoms with Crippen LogP contribution in [0.3, 0.4) is 0 Å². The lowest BCUT2D eigenvalue weighted by Gasteiger charge is -2.33. The number of Topliss-reactive ketones (excluding diaryl/α,β-unsaturated/α-hetero) is 4. The molecular weight excluding hydrogens is 1350 g/mol. The maximum atomic E-state index is 12.4. The minimum atomic E-state index is -0.839. The van der Waals surface area contributed by atoms with E-state index in [0.717, 1.165) is 0 Å². The Bertz CT molecular complexity index is 2060. The zero-order valence-electron chi connectivity index (χ0n) is 56.2. The molecule has 4 saturated heterocycles. The predicted octanol–water partition coefficient (Wildman–Crippen LogP) is 3.28. The minimum absolute atomic E-state index is 0.0392. The van der Waals surface area contributed by atoms with E-state index in [0.29, 0.717) is 127 Å². The lowest BCUT2D eigenvalue weighted by molar-refractivity contribution is -0.127. The topological polar surface area (TPSA) is 364 Å². The summed E-state index contributed by atoms with van der Waals surface area (Å²) in [5, 5.41) is 10.6. The molecule has 4 rings (SSSR count). The second-order valence-corrected chi connectivity index (χ2v) is 27.9.